The van der Waals surface area contributed by atoms with E-state index in [0.717, 1.165) is 0 Å². The molecule has 0 atom stereocenters. The van der Waals surface area contributed by atoms with Gasteiger partial charge in [-0.1, -0.05) is 25.2 Å². The van der Waals surface area contributed by atoms with Crippen molar-refractivity contribution in [3.63, 3.8) is 0 Å². The van der Waals surface area contributed by atoms with E-state index in [0.29, 0.717) is 49.9 Å². The van der Waals surface area contributed by atoms with Gasteiger partial charge in [0.2, 0.25) is 21.1 Å². The predicted molar refractivity (Wildman–Crippen MR) is 120 cm³/mol. The van der Waals surface area contributed by atoms with Gasteiger partial charge in [-0.25, -0.2) is 8.42 Å². The molecule has 2 heterocycles. The number of piperidine rings is 1. The lowest BCUT2D eigenvalue weighted by Gasteiger charge is -2.31. The Bertz CT molecular complexity index is 1050. The summed E-state index contributed by atoms with van der Waals surface area (Å²) in [4.78, 5) is 27.3. The molecule has 1 aromatic heterocycles. The van der Waals surface area contributed by atoms with E-state index in [9.17, 15) is 18.0 Å². The van der Waals surface area contributed by atoms with Crippen LogP contribution < -0.4 is 10.1 Å². The number of nitrogens with zero attached hydrogens (tertiary/aromatic N) is 4. The standard InChI is InChI=1S/C20H27N5O5S2/c1-4-25(5-2)32(28,29)15-6-7-17(30-3)16(12-15)19(27)24-10-8-14(9-11-24)18(26)22-20-23-21-13-31-20/h6-7,12-14H,4-5,8-11H2,1-3H3,(H,22,23,26). The third kappa shape index (κ3) is 5.08. The number of carbonyl (C=O) groups excluding carboxylic acids is 2. The average Bonchev–Trinajstić information content (AvgIpc) is 3.32. The normalized spacial score (nSPS) is 15.1. The molecule has 0 radical (unpaired) electrons. The Morgan fingerprint density at radius 3 is 2.50 bits per heavy atom. The number of carbonyl (C=O) groups is 2. The second kappa shape index (κ2) is 10.4. The van der Waals surface area contributed by atoms with Crippen molar-refractivity contribution in [1.82, 2.24) is 19.4 Å². The lowest BCUT2D eigenvalue weighted by atomic mass is 9.95. The zero-order valence-corrected chi connectivity index (χ0v) is 19.9. The molecule has 0 spiro atoms. The lowest BCUT2D eigenvalue weighted by Crippen LogP contribution is -2.41. The molecule has 0 saturated carbocycles. The molecular weight excluding hydrogens is 454 g/mol. The number of hydrogen-bond acceptors (Lipinski definition) is 8. The Morgan fingerprint density at radius 2 is 1.94 bits per heavy atom. The molecule has 174 valence electrons. The fraction of sp³-hybridized carbons (Fsp3) is 0.500. The van der Waals surface area contributed by atoms with Gasteiger partial charge in [0.1, 0.15) is 11.3 Å². The minimum absolute atomic E-state index is 0.0525. The molecule has 3 rings (SSSR count). The number of likely N-dealkylation sites (tertiary alicyclic amines) is 1. The smallest absolute Gasteiger partial charge is 0.257 e. The summed E-state index contributed by atoms with van der Waals surface area (Å²) in [6, 6.07) is 4.34. The van der Waals surface area contributed by atoms with Crippen molar-refractivity contribution in [2.45, 2.75) is 31.6 Å². The molecule has 1 aromatic carbocycles. The van der Waals surface area contributed by atoms with E-state index < -0.39 is 10.0 Å². The molecule has 0 unspecified atom stereocenters. The second-order valence-corrected chi connectivity index (χ2v) is 10.0. The van der Waals surface area contributed by atoms with Crippen molar-refractivity contribution in [2.24, 2.45) is 5.92 Å². The van der Waals surface area contributed by atoms with Crippen LogP contribution >= 0.6 is 11.3 Å². The molecule has 12 heteroatoms. The van der Waals surface area contributed by atoms with Gasteiger partial charge in [0.15, 0.2) is 0 Å². The number of hydrogen-bond donors (Lipinski definition) is 1. The first kappa shape index (κ1) is 24.1. The van der Waals surface area contributed by atoms with Gasteiger partial charge in [-0.3, -0.25) is 9.59 Å². The summed E-state index contributed by atoms with van der Waals surface area (Å²) < 4.78 is 32.5. The number of amides is 2. The number of aromatic nitrogens is 2. The van der Waals surface area contributed by atoms with Gasteiger partial charge >= 0.3 is 0 Å². The maximum atomic E-state index is 13.2. The van der Waals surface area contributed by atoms with E-state index in [-0.39, 0.29) is 28.2 Å². The summed E-state index contributed by atoms with van der Waals surface area (Å²) in [5.74, 6) is -0.385. The van der Waals surface area contributed by atoms with Gasteiger partial charge in [0, 0.05) is 32.1 Å². The van der Waals surface area contributed by atoms with Gasteiger partial charge in [0.05, 0.1) is 17.6 Å². The van der Waals surface area contributed by atoms with E-state index >= 15 is 0 Å². The first-order valence-corrected chi connectivity index (χ1v) is 12.7. The van der Waals surface area contributed by atoms with E-state index in [4.69, 9.17) is 4.74 Å². The van der Waals surface area contributed by atoms with Crippen molar-refractivity contribution in [2.75, 3.05) is 38.6 Å². The van der Waals surface area contributed by atoms with Crippen molar-refractivity contribution < 1.29 is 22.7 Å². The molecule has 2 aromatic rings. The van der Waals surface area contributed by atoms with Gasteiger partial charge in [-0.15, -0.1) is 10.2 Å². The monoisotopic (exact) mass is 481 g/mol. The lowest BCUT2D eigenvalue weighted by molar-refractivity contribution is -0.121. The highest BCUT2D eigenvalue weighted by atomic mass is 32.2. The minimum Gasteiger partial charge on any atom is -0.496 e. The minimum atomic E-state index is -3.71. The van der Waals surface area contributed by atoms with E-state index in [1.165, 1.54) is 41.0 Å². The quantitative estimate of drug-likeness (QED) is 0.612. The second-order valence-electron chi connectivity index (χ2n) is 7.25. The van der Waals surface area contributed by atoms with Crippen molar-refractivity contribution in [3.8, 4) is 5.75 Å². The first-order chi connectivity index (χ1) is 15.3. The summed E-state index contributed by atoms with van der Waals surface area (Å²) >= 11 is 1.25. The topological polar surface area (TPSA) is 122 Å². The maximum absolute atomic E-state index is 13.2. The molecule has 0 aliphatic carbocycles. The molecule has 1 saturated heterocycles. The van der Waals surface area contributed by atoms with Crippen LogP contribution in [-0.4, -0.2) is 72.9 Å². The van der Waals surface area contributed by atoms with E-state index in [2.05, 4.69) is 15.5 Å². The Kier molecular flexibility index (Phi) is 7.80. The third-order valence-corrected chi connectivity index (χ3v) is 8.14. The largest absolute Gasteiger partial charge is 0.496 e. The summed E-state index contributed by atoms with van der Waals surface area (Å²) in [6.45, 7) is 4.96. The fourth-order valence-electron chi connectivity index (χ4n) is 3.68. The van der Waals surface area contributed by atoms with Gasteiger partial charge in [-0.2, -0.15) is 4.31 Å². The van der Waals surface area contributed by atoms with Crippen LogP contribution in [0.5, 0.6) is 5.75 Å². The molecule has 1 N–H and O–H groups in total. The zero-order chi connectivity index (χ0) is 23.3. The van der Waals surface area contributed by atoms with Gasteiger partial charge < -0.3 is 15.0 Å². The fourth-order valence-corrected chi connectivity index (χ4v) is 5.61. The number of anilines is 1. The van der Waals surface area contributed by atoms with Crippen LogP contribution in [0.4, 0.5) is 5.13 Å². The molecule has 1 aliphatic heterocycles. The molecule has 32 heavy (non-hydrogen) atoms. The highest BCUT2D eigenvalue weighted by molar-refractivity contribution is 7.89. The summed E-state index contributed by atoms with van der Waals surface area (Å²) in [7, 11) is -2.27. The highest BCUT2D eigenvalue weighted by Gasteiger charge is 2.31. The van der Waals surface area contributed by atoms with Crippen molar-refractivity contribution >= 4 is 38.3 Å². The molecule has 10 nitrogen and oxygen atoms in total. The van der Waals surface area contributed by atoms with E-state index in [1.54, 1.807) is 24.3 Å². The Labute approximate surface area is 191 Å². The molecule has 0 bridgehead atoms. The van der Waals surface area contributed by atoms with Crippen LogP contribution in [0.25, 0.3) is 0 Å². The Balaban J connectivity index is 1.74. The van der Waals surface area contributed by atoms with Crippen LogP contribution in [0.1, 0.15) is 37.0 Å². The number of nitrogens with one attached hydrogen (secondary N) is 1. The third-order valence-electron chi connectivity index (χ3n) is 5.49. The number of ether oxygens (including phenoxy) is 1. The zero-order valence-electron chi connectivity index (χ0n) is 18.3. The number of methoxy groups -OCH3 is 1. The summed E-state index contributed by atoms with van der Waals surface area (Å²) in [5.41, 5.74) is 1.73. The predicted octanol–water partition coefficient (Wildman–Crippen LogP) is 2.07. The average molecular weight is 482 g/mol. The van der Waals surface area contributed by atoms with Crippen molar-refractivity contribution in [3.05, 3.63) is 29.3 Å². The van der Waals surface area contributed by atoms with Gasteiger partial charge in [-0.05, 0) is 31.0 Å². The summed E-state index contributed by atoms with van der Waals surface area (Å²) in [5, 5.41) is 10.7. The van der Waals surface area contributed by atoms with Crippen LogP contribution in [0, 0.1) is 5.92 Å². The first-order valence-electron chi connectivity index (χ1n) is 10.4. The SMILES string of the molecule is CCN(CC)S(=O)(=O)c1ccc(OC)c(C(=O)N2CCC(C(=O)Nc3nncs3)CC2)c1. The highest BCUT2D eigenvalue weighted by Crippen LogP contribution is 2.28. The molecule has 1 fully saturated rings. The molecular formula is C20H27N5O5S2. The molecule has 2 amide bonds. The van der Waals surface area contributed by atoms with Gasteiger partial charge in [0.25, 0.3) is 5.91 Å². The van der Waals surface area contributed by atoms with Crippen LogP contribution in [-0.2, 0) is 14.8 Å². The van der Waals surface area contributed by atoms with Crippen LogP contribution in [0.3, 0.4) is 0 Å². The Morgan fingerprint density at radius 1 is 1.25 bits per heavy atom. The number of rotatable bonds is 8. The maximum Gasteiger partial charge on any atom is 0.257 e. The van der Waals surface area contributed by atoms with E-state index in [1.807, 2.05) is 0 Å². The Hall–Kier alpha value is -2.57. The number of benzene rings is 1. The van der Waals surface area contributed by atoms with Crippen LogP contribution in [0.2, 0.25) is 0 Å². The van der Waals surface area contributed by atoms with Crippen molar-refractivity contribution in [1.29, 1.82) is 0 Å². The summed E-state index contributed by atoms with van der Waals surface area (Å²) in [6.07, 6.45) is 0.992. The van der Waals surface area contributed by atoms with Crippen LogP contribution in [0.15, 0.2) is 28.6 Å². The molecule has 1 aliphatic rings. The number of sulfonamides is 1.